The molecule has 2 rings (SSSR count). The van der Waals surface area contributed by atoms with Crippen LogP contribution in [0.5, 0.6) is 5.75 Å². The lowest BCUT2D eigenvalue weighted by atomic mass is 10.1. The van der Waals surface area contributed by atoms with Crippen molar-refractivity contribution in [1.82, 2.24) is 0 Å². The average molecular weight is 346 g/mol. The van der Waals surface area contributed by atoms with Crippen LogP contribution in [0.4, 0.5) is 0 Å². The SMILES string of the molecule is CCCCCCCCc1ccc(P(=O)(O)Oc2ccccc2)cc1. The second kappa shape index (κ2) is 9.66. The predicted molar refractivity (Wildman–Crippen MR) is 100 cm³/mol. The average Bonchev–Trinajstić information content (AvgIpc) is 2.59. The molecule has 24 heavy (non-hydrogen) atoms. The maximum Gasteiger partial charge on any atom is 0.408 e. The first-order valence-corrected chi connectivity index (χ1v) is 10.4. The van der Waals surface area contributed by atoms with Crippen LogP contribution in [0, 0.1) is 0 Å². The molecule has 1 unspecified atom stereocenters. The van der Waals surface area contributed by atoms with E-state index in [0.717, 1.165) is 6.42 Å². The van der Waals surface area contributed by atoms with Crippen LogP contribution in [0.3, 0.4) is 0 Å². The normalized spacial score (nSPS) is 13.4. The number of rotatable bonds is 10. The lowest BCUT2D eigenvalue weighted by Gasteiger charge is -2.14. The van der Waals surface area contributed by atoms with Crippen molar-refractivity contribution in [3.8, 4) is 5.75 Å². The summed E-state index contributed by atoms with van der Waals surface area (Å²) in [7, 11) is -3.83. The number of aryl methyl sites for hydroxylation is 1. The summed E-state index contributed by atoms with van der Waals surface area (Å²) in [4.78, 5) is 10.2. The monoisotopic (exact) mass is 346 g/mol. The van der Waals surface area contributed by atoms with Crippen molar-refractivity contribution >= 4 is 12.9 Å². The van der Waals surface area contributed by atoms with Crippen LogP contribution in [0.25, 0.3) is 0 Å². The fourth-order valence-corrected chi connectivity index (χ4v) is 3.68. The number of hydrogen-bond acceptors (Lipinski definition) is 2. The molecule has 1 atom stereocenters. The Bertz CT molecular complexity index is 638. The Morgan fingerprint density at radius 2 is 1.50 bits per heavy atom. The topological polar surface area (TPSA) is 46.5 Å². The first-order chi connectivity index (χ1) is 11.6. The van der Waals surface area contributed by atoms with Gasteiger partial charge in [-0.1, -0.05) is 69.4 Å². The molecular formula is C20H27O3P. The summed E-state index contributed by atoms with van der Waals surface area (Å²) in [6.07, 6.45) is 8.64. The predicted octanol–water partition coefficient (Wildman–Crippen LogP) is 5.48. The van der Waals surface area contributed by atoms with Gasteiger partial charge in [0.2, 0.25) is 0 Å². The van der Waals surface area contributed by atoms with E-state index in [1.165, 1.54) is 44.1 Å². The molecule has 0 fully saturated rings. The Kier molecular flexibility index (Phi) is 7.55. The highest BCUT2D eigenvalue weighted by Gasteiger charge is 2.24. The second-order valence-electron chi connectivity index (χ2n) is 6.11. The summed E-state index contributed by atoms with van der Waals surface area (Å²) in [5.74, 6) is 0.402. The molecule has 130 valence electrons. The molecule has 0 spiro atoms. The van der Waals surface area contributed by atoms with Crippen molar-refractivity contribution in [1.29, 1.82) is 0 Å². The van der Waals surface area contributed by atoms with Crippen molar-refractivity contribution in [2.24, 2.45) is 0 Å². The standard InChI is InChI=1S/C20H27O3P/c1-2-3-4-5-6-8-11-18-14-16-20(17-15-18)24(21,22)23-19-12-9-7-10-13-19/h7,9-10,12-17H,2-6,8,11H2,1H3,(H,21,22). The zero-order valence-electron chi connectivity index (χ0n) is 14.4. The summed E-state index contributed by atoms with van der Waals surface area (Å²) in [5.41, 5.74) is 1.20. The number of para-hydroxylation sites is 1. The zero-order valence-corrected chi connectivity index (χ0v) is 15.3. The molecule has 0 aliphatic carbocycles. The molecule has 0 amide bonds. The van der Waals surface area contributed by atoms with E-state index in [4.69, 9.17) is 4.52 Å². The van der Waals surface area contributed by atoms with E-state index < -0.39 is 7.60 Å². The second-order valence-corrected chi connectivity index (χ2v) is 7.85. The highest BCUT2D eigenvalue weighted by Crippen LogP contribution is 2.41. The Morgan fingerprint density at radius 1 is 0.875 bits per heavy atom. The van der Waals surface area contributed by atoms with Crippen molar-refractivity contribution in [3.05, 3.63) is 60.2 Å². The first kappa shape index (κ1) is 18.8. The van der Waals surface area contributed by atoms with Gasteiger partial charge in [0.1, 0.15) is 5.75 Å². The van der Waals surface area contributed by atoms with E-state index in [0.29, 0.717) is 11.1 Å². The largest absolute Gasteiger partial charge is 0.421 e. The minimum absolute atomic E-state index is 0.332. The first-order valence-electron chi connectivity index (χ1n) is 8.79. The molecule has 2 aromatic rings. The third-order valence-electron chi connectivity index (χ3n) is 4.05. The van der Waals surface area contributed by atoms with Crippen LogP contribution in [0.2, 0.25) is 0 Å². The molecule has 0 aliphatic heterocycles. The Labute approximate surface area is 145 Å². The lowest BCUT2D eigenvalue weighted by Crippen LogP contribution is -2.09. The molecule has 0 saturated heterocycles. The van der Waals surface area contributed by atoms with E-state index in [-0.39, 0.29) is 0 Å². The molecule has 0 radical (unpaired) electrons. The van der Waals surface area contributed by atoms with Crippen molar-refractivity contribution < 1.29 is 14.0 Å². The molecule has 3 nitrogen and oxygen atoms in total. The molecule has 4 heteroatoms. The van der Waals surface area contributed by atoms with Gasteiger partial charge in [-0.3, -0.25) is 0 Å². The smallest absolute Gasteiger partial charge is 0.408 e. The maximum absolute atomic E-state index is 12.4. The minimum Gasteiger partial charge on any atom is -0.421 e. The van der Waals surface area contributed by atoms with E-state index in [1.54, 1.807) is 36.4 Å². The van der Waals surface area contributed by atoms with Crippen molar-refractivity contribution in [3.63, 3.8) is 0 Å². The van der Waals surface area contributed by atoms with Gasteiger partial charge in [0.05, 0.1) is 5.30 Å². The van der Waals surface area contributed by atoms with Crippen LogP contribution in [0.1, 0.15) is 51.0 Å². The fourth-order valence-electron chi connectivity index (χ4n) is 2.64. The highest BCUT2D eigenvalue weighted by atomic mass is 31.2. The van der Waals surface area contributed by atoms with Gasteiger partial charge in [-0.25, -0.2) is 4.57 Å². The van der Waals surface area contributed by atoms with Crippen LogP contribution in [-0.2, 0) is 11.0 Å². The zero-order chi connectivity index (χ0) is 17.3. The lowest BCUT2D eigenvalue weighted by molar-refractivity contribution is 0.393. The molecule has 0 aromatic heterocycles. The van der Waals surface area contributed by atoms with Gasteiger partial charge in [0, 0.05) is 0 Å². The van der Waals surface area contributed by atoms with Crippen LogP contribution in [0.15, 0.2) is 54.6 Å². The highest BCUT2D eigenvalue weighted by molar-refractivity contribution is 7.61. The van der Waals surface area contributed by atoms with E-state index in [9.17, 15) is 9.46 Å². The molecule has 1 N–H and O–H groups in total. The minimum atomic E-state index is -3.83. The molecule has 0 saturated carbocycles. The number of hydrogen-bond donors (Lipinski definition) is 1. The molecule has 0 bridgehead atoms. The summed E-state index contributed by atoms with van der Waals surface area (Å²) in [6, 6.07) is 16.0. The molecule has 0 heterocycles. The van der Waals surface area contributed by atoms with Crippen LogP contribution >= 0.6 is 7.60 Å². The Hall–Kier alpha value is -1.57. The maximum atomic E-state index is 12.4. The van der Waals surface area contributed by atoms with Crippen LogP contribution < -0.4 is 9.83 Å². The third kappa shape index (κ3) is 6.14. The summed E-state index contributed by atoms with van der Waals surface area (Å²) in [5, 5.41) is 0.332. The summed E-state index contributed by atoms with van der Waals surface area (Å²) in [6.45, 7) is 2.23. The Balaban J connectivity index is 1.85. The number of benzene rings is 2. The van der Waals surface area contributed by atoms with E-state index in [1.807, 2.05) is 18.2 Å². The van der Waals surface area contributed by atoms with Crippen LogP contribution in [-0.4, -0.2) is 4.89 Å². The fraction of sp³-hybridized carbons (Fsp3) is 0.400. The van der Waals surface area contributed by atoms with Gasteiger partial charge >= 0.3 is 7.60 Å². The summed E-state index contributed by atoms with van der Waals surface area (Å²) >= 11 is 0. The molecule has 2 aromatic carbocycles. The number of unbranched alkanes of at least 4 members (excludes halogenated alkanes) is 5. The quantitative estimate of drug-likeness (QED) is 0.458. The van der Waals surface area contributed by atoms with Gasteiger partial charge in [0.25, 0.3) is 0 Å². The molecular weight excluding hydrogens is 319 g/mol. The van der Waals surface area contributed by atoms with Gasteiger partial charge in [-0.2, -0.15) is 0 Å². The van der Waals surface area contributed by atoms with Gasteiger partial charge in [-0.05, 0) is 42.7 Å². The van der Waals surface area contributed by atoms with Gasteiger partial charge in [-0.15, -0.1) is 0 Å². The van der Waals surface area contributed by atoms with Crippen molar-refractivity contribution in [2.75, 3.05) is 0 Å². The van der Waals surface area contributed by atoms with Crippen molar-refractivity contribution in [2.45, 2.75) is 51.9 Å². The van der Waals surface area contributed by atoms with Gasteiger partial charge in [0.15, 0.2) is 0 Å². The summed E-state index contributed by atoms with van der Waals surface area (Å²) < 4.78 is 17.7. The van der Waals surface area contributed by atoms with E-state index in [2.05, 4.69) is 6.92 Å². The van der Waals surface area contributed by atoms with Gasteiger partial charge < -0.3 is 9.42 Å². The van der Waals surface area contributed by atoms with E-state index >= 15 is 0 Å². The third-order valence-corrected chi connectivity index (χ3v) is 5.46. The molecule has 0 aliphatic rings. The Morgan fingerprint density at radius 3 is 2.17 bits per heavy atom.